The minimum absolute atomic E-state index is 0.104. The molecule has 6 heteroatoms. The van der Waals surface area contributed by atoms with Crippen molar-refractivity contribution in [3.63, 3.8) is 0 Å². The maximum absolute atomic E-state index is 12.5. The van der Waals surface area contributed by atoms with Gasteiger partial charge in [-0.3, -0.25) is 4.79 Å². The summed E-state index contributed by atoms with van der Waals surface area (Å²) in [6, 6.07) is 3.17. The number of rotatable bonds is 0. The summed E-state index contributed by atoms with van der Waals surface area (Å²) in [7, 11) is 0. The molecule has 1 aliphatic heterocycles. The van der Waals surface area contributed by atoms with E-state index >= 15 is 0 Å². The van der Waals surface area contributed by atoms with Crippen LogP contribution in [0.25, 0.3) is 0 Å². The molecular formula is C11H11F3N2O. The normalized spacial score (nSPS) is 20.0. The molecule has 0 spiro atoms. The van der Waals surface area contributed by atoms with Crippen LogP contribution >= 0.6 is 0 Å². The van der Waals surface area contributed by atoms with Gasteiger partial charge in [0, 0.05) is 12.5 Å². The van der Waals surface area contributed by atoms with Crippen molar-refractivity contribution in [3.05, 3.63) is 23.8 Å². The summed E-state index contributed by atoms with van der Waals surface area (Å²) < 4.78 is 37.5. The Kier molecular flexibility index (Phi) is 2.73. The molecule has 0 unspecified atom stereocenters. The number of amides is 1. The Balaban J connectivity index is 2.41. The summed E-state index contributed by atoms with van der Waals surface area (Å²) in [6.07, 6.45) is -4.17. The number of carbonyl (C=O) groups excluding carboxylic acids is 1. The molecule has 0 fully saturated rings. The predicted molar refractivity (Wildman–Crippen MR) is 57.8 cm³/mol. The molecule has 0 radical (unpaired) electrons. The average Bonchev–Trinajstić information content (AvgIpc) is 2.31. The molecule has 1 aromatic rings. The molecule has 0 saturated carbocycles. The van der Waals surface area contributed by atoms with Gasteiger partial charge in [-0.05, 0) is 25.1 Å². The van der Waals surface area contributed by atoms with Gasteiger partial charge in [0.15, 0.2) is 0 Å². The smallest absolute Gasteiger partial charge is 0.380 e. The SMILES string of the molecule is C[C@@H]1CC(=O)Nc2cc(C(F)(F)F)ccc2N1. The summed E-state index contributed by atoms with van der Waals surface area (Å²) in [6.45, 7) is 1.80. The lowest BCUT2D eigenvalue weighted by molar-refractivity contribution is -0.137. The first-order valence-electron chi connectivity index (χ1n) is 5.14. The first kappa shape index (κ1) is 11.8. The van der Waals surface area contributed by atoms with Crippen molar-refractivity contribution < 1.29 is 18.0 Å². The number of hydrogen-bond acceptors (Lipinski definition) is 2. The summed E-state index contributed by atoms with van der Waals surface area (Å²) in [5.41, 5.74) is -0.0848. The highest BCUT2D eigenvalue weighted by Crippen LogP contribution is 2.35. The number of halogens is 3. The first-order chi connectivity index (χ1) is 7.86. The zero-order valence-electron chi connectivity index (χ0n) is 9.06. The first-order valence-corrected chi connectivity index (χ1v) is 5.14. The number of benzene rings is 1. The third-order valence-electron chi connectivity index (χ3n) is 2.51. The predicted octanol–water partition coefficient (Wildman–Crippen LogP) is 2.85. The van der Waals surface area contributed by atoms with Crippen molar-refractivity contribution in [2.75, 3.05) is 10.6 Å². The van der Waals surface area contributed by atoms with E-state index in [1.54, 1.807) is 6.92 Å². The Bertz CT molecular complexity index is 457. The summed E-state index contributed by atoms with van der Waals surface area (Å²) in [4.78, 5) is 11.4. The van der Waals surface area contributed by atoms with E-state index < -0.39 is 11.7 Å². The Hall–Kier alpha value is -1.72. The summed E-state index contributed by atoms with van der Waals surface area (Å²) in [5.74, 6) is -0.289. The van der Waals surface area contributed by atoms with Crippen LogP contribution in [0.15, 0.2) is 18.2 Å². The lowest BCUT2D eigenvalue weighted by atomic mass is 10.1. The van der Waals surface area contributed by atoms with Crippen LogP contribution in [0, 0.1) is 0 Å². The minimum Gasteiger partial charge on any atom is -0.380 e. The second-order valence-corrected chi connectivity index (χ2v) is 4.06. The topological polar surface area (TPSA) is 41.1 Å². The number of fused-ring (bicyclic) bond motifs is 1. The van der Waals surface area contributed by atoms with Crippen LogP contribution in [0.5, 0.6) is 0 Å². The van der Waals surface area contributed by atoms with Crippen LogP contribution in [0.1, 0.15) is 18.9 Å². The molecule has 1 atom stereocenters. The van der Waals surface area contributed by atoms with Gasteiger partial charge < -0.3 is 10.6 Å². The van der Waals surface area contributed by atoms with Gasteiger partial charge in [0.25, 0.3) is 0 Å². The molecule has 0 bridgehead atoms. The molecule has 1 amide bonds. The van der Waals surface area contributed by atoms with Gasteiger partial charge in [-0.2, -0.15) is 13.2 Å². The molecule has 2 N–H and O–H groups in total. The van der Waals surface area contributed by atoms with E-state index in [9.17, 15) is 18.0 Å². The highest BCUT2D eigenvalue weighted by atomic mass is 19.4. The second-order valence-electron chi connectivity index (χ2n) is 4.06. The molecule has 0 aromatic heterocycles. The van der Waals surface area contributed by atoms with Crippen LogP contribution in [0.3, 0.4) is 0 Å². The van der Waals surface area contributed by atoms with Gasteiger partial charge in [0.1, 0.15) is 0 Å². The maximum Gasteiger partial charge on any atom is 0.416 e. The number of hydrogen-bond donors (Lipinski definition) is 2. The van der Waals surface area contributed by atoms with Crippen molar-refractivity contribution >= 4 is 17.3 Å². The summed E-state index contributed by atoms with van der Waals surface area (Å²) >= 11 is 0. The largest absolute Gasteiger partial charge is 0.416 e. The fraction of sp³-hybridized carbons (Fsp3) is 0.364. The lowest BCUT2D eigenvalue weighted by Gasteiger charge is -2.13. The highest BCUT2D eigenvalue weighted by molar-refractivity contribution is 5.96. The standard InChI is InChI=1S/C11H11F3N2O/c1-6-4-10(17)16-9-5-7(11(12,13)14)2-3-8(9)15-6/h2-3,5-6,15H,4H2,1H3,(H,16,17)/t6-/m1/s1. The van der Waals surface area contributed by atoms with Crippen molar-refractivity contribution in [1.82, 2.24) is 0 Å². The quantitative estimate of drug-likeness (QED) is 0.736. The van der Waals surface area contributed by atoms with Crippen molar-refractivity contribution in [2.45, 2.75) is 25.6 Å². The number of anilines is 2. The molecule has 2 rings (SSSR count). The van der Waals surface area contributed by atoms with Gasteiger partial charge in [-0.1, -0.05) is 0 Å². The van der Waals surface area contributed by atoms with E-state index in [1.807, 2.05) is 0 Å². The molecular weight excluding hydrogens is 233 g/mol. The van der Waals surface area contributed by atoms with Crippen LogP contribution in [0.2, 0.25) is 0 Å². The maximum atomic E-state index is 12.5. The van der Waals surface area contributed by atoms with E-state index in [-0.39, 0.29) is 24.1 Å². The monoisotopic (exact) mass is 244 g/mol. The Morgan fingerprint density at radius 2 is 2.00 bits per heavy atom. The van der Waals surface area contributed by atoms with Gasteiger partial charge in [-0.15, -0.1) is 0 Å². The minimum atomic E-state index is -4.41. The molecule has 0 aliphatic carbocycles. The van der Waals surface area contributed by atoms with Crippen LogP contribution < -0.4 is 10.6 Å². The van der Waals surface area contributed by atoms with Crippen LogP contribution in [-0.2, 0) is 11.0 Å². The lowest BCUT2D eigenvalue weighted by Crippen LogP contribution is -2.18. The zero-order valence-corrected chi connectivity index (χ0v) is 9.06. The number of nitrogens with one attached hydrogen (secondary N) is 2. The number of carbonyl (C=O) groups is 1. The fourth-order valence-corrected chi connectivity index (χ4v) is 1.75. The van der Waals surface area contributed by atoms with E-state index in [2.05, 4.69) is 10.6 Å². The van der Waals surface area contributed by atoms with Gasteiger partial charge in [0.2, 0.25) is 5.91 Å². The third-order valence-corrected chi connectivity index (χ3v) is 2.51. The molecule has 1 aromatic carbocycles. The Morgan fingerprint density at radius 3 is 2.65 bits per heavy atom. The van der Waals surface area contributed by atoms with Crippen molar-refractivity contribution in [2.24, 2.45) is 0 Å². The Labute approximate surface area is 96.0 Å². The number of alkyl halides is 3. The summed E-state index contributed by atoms with van der Waals surface area (Å²) in [5, 5.41) is 5.44. The second kappa shape index (κ2) is 3.94. The fourth-order valence-electron chi connectivity index (χ4n) is 1.75. The van der Waals surface area contributed by atoms with Crippen LogP contribution in [0.4, 0.5) is 24.5 Å². The van der Waals surface area contributed by atoms with Gasteiger partial charge in [-0.25, -0.2) is 0 Å². The molecule has 17 heavy (non-hydrogen) atoms. The highest BCUT2D eigenvalue weighted by Gasteiger charge is 2.31. The van der Waals surface area contributed by atoms with E-state index in [0.29, 0.717) is 5.69 Å². The van der Waals surface area contributed by atoms with Crippen LogP contribution in [-0.4, -0.2) is 11.9 Å². The average molecular weight is 244 g/mol. The molecule has 0 saturated heterocycles. The van der Waals surface area contributed by atoms with Crippen molar-refractivity contribution in [1.29, 1.82) is 0 Å². The molecule has 1 heterocycles. The third kappa shape index (κ3) is 2.51. The molecule has 92 valence electrons. The molecule has 1 aliphatic rings. The molecule has 3 nitrogen and oxygen atoms in total. The van der Waals surface area contributed by atoms with E-state index in [4.69, 9.17) is 0 Å². The van der Waals surface area contributed by atoms with E-state index in [0.717, 1.165) is 12.1 Å². The van der Waals surface area contributed by atoms with Crippen molar-refractivity contribution in [3.8, 4) is 0 Å². The zero-order chi connectivity index (χ0) is 12.6. The van der Waals surface area contributed by atoms with Gasteiger partial charge in [0.05, 0.1) is 16.9 Å². The Morgan fingerprint density at radius 1 is 1.29 bits per heavy atom. The van der Waals surface area contributed by atoms with Gasteiger partial charge >= 0.3 is 6.18 Å². The van der Waals surface area contributed by atoms with E-state index in [1.165, 1.54) is 6.07 Å².